The van der Waals surface area contributed by atoms with E-state index in [4.69, 9.17) is 0 Å². The molecule has 0 amide bonds. The predicted molar refractivity (Wildman–Crippen MR) is 105 cm³/mol. The summed E-state index contributed by atoms with van der Waals surface area (Å²) in [6, 6.07) is 10.6. The van der Waals surface area contributed by atoms with Crippen molar-refractivity contribution in [2.75, 3.05) is 5.32 Å². The highest BCUT2D eigenvalue weighted by atomic mass is 15.3. The molecule has 0 fully saturated rings. The Balaban J connectivity index is 1.63. The fourth-order valence-corrected chi connectivity index (χ4v) is 3.27. The maximum Gasteiger partial charge on any atom is 0.203 e. The zero-order valence-corrected chi connectivity index (χ0v) is 15.5. The van der Waals surface area contributed by atoms with Gasteiger partial charge in [-0.3, -0.25) is 4.40 Å². The number of H-pyrrole nitrogens is 1. The molecule has 7 nitrogen and oxygen atoms in total. The lowest BCUT2D eigenvalue weighted by molar-refractivity contribution is 0.696. The Morgan fingerprint density at radius 2 is 1.96 bits per heavy atom. The van der Waals surface area contributed by atoms with Gasteiger partial charge in [-0.1, -0.05) is 44.2 Å². The number of aromatic nitrogens is 6. The second-order valence-electron chi connectivity index (χ2n) is 6.99. The molecule has 3 heterocycles. The number of rotatable bonds is 7. The second-order valence-corrected chi connectivity index (χ2v) is 6.99. The van der Waals surface area contributed by atoms with Crippen LogP contribution in [-0.2, 0) is 12.8 Å². The Morgan fingerprint density at radius 3 is 2.70 bits per heavy atom. The number of nitrogens with zero attached hydrogens (tertiary/aromatic N) is 5. The Kier molecular flexibility index (Phi) is 4.82. The van der Waals surface area contributed by atoms with Gasteiger partial charge in [0, 0.05) is 42.7 Å². The van der Waals surface area contributed by atoms with E-state index >= 15 is 0 Å². The molecule has 0 aliphatic carbocycles. The quantitative estimate of drug-likeness (QED) is 0.528. The van der Waals surface area contributed by atoms with Gasteiger partial charge in [-0.25, -0.2) is 9.97 Å². The van der Waals surface area contributed by atoms with E-state index in [1.54, 1.807) is 12.5 Å². The predicted octanol–water partition coefficient (Wildman–Crippen LogP) is 3.24. The number of imidazole rings is 1. The van der Waals surface area contributed by atoms with Crippen molar-refractivity contribution >= 4 is 11.5 Å². The average Bonchev–Trinajstić information content (AvgIpc) is 3.32. The molecule has 2 N–H and O–H groups in total. The summed E-state index contributed by atoms with van der Waals surface area (Å²) in [5, 5.41) is 12.3. The molecule has 4 aromatic rings. The van der Waals surface area contributed by atoms with Crippen LogP contribution in [0.25, 0.3) is 5.65 Å². The highest BCUT2D eigenvalue weighted by Crippen LogP contribution is 2.20. The molecule has 0 radical (unpaired) electrons. The smallest absolute Gasteiger partial charge is 0.203 e. The van der Waals surface area contributed by atoms with Crippen LogP contribution in [0.15, 0.2) is 55.2 Å². The summed E-state index contributed by atoms with van der Waals surface area (Å²) in [6.07, 6.45) is 8.96. The van der Waals surface area contributed by atoms with Gasteiger partial charge in [-0.2, -0.15) is 0 Å². The molecule has 7 heteroatoms. The van der Waals surface area contributed by atoms with E-state index in [0.717, 1.165) is 35.8 Å². The number of aromatic amines is 1. The highest BCUT2D eigenvalue weighted by Gasteiger charge is 2.17. The lowest BCUT2D eigenvalue weighted by Crippen LogP contribution is -2.26. The van der Waals surface area contributed by atoms with Gasteiger partial charge in [0.05, 0.1) is 6.33 Å². The Morgan fingerprint density at radius 1 is 1.11 bits per heavy atom. The Labute approximate surface area is 157 Å². The van der Waals surface area contributed by atoms with E-state index in [1.807, 2.05) is 22.9 Å². The van der Waals surface area contributed by atoms with Gasteiger partial charge in [0.2, 0.25) is 5.65 Å². The van der Waals surface area contributed by atoms with Gasteiger partial charge >= 0.3 is 0 Å². The molecule has 27 heavy (non-hydrogen) atoms. The summed E-state index contributed by atoms with van der Waals surface area (Å²) < 4.78 is 2.01. The molecule has 0 saturated heterocycles. The van der Waals surface area contributed by atoms with Crippen LogP contribution in [0, 0.1) is 0 Å². The summed E-state index contributed by atoms with van der Waals surface area (Å²) in [6.45, 7) is 4.22. The zero-order valence-electron chi connectivity index (χ0n) is 15.5. The standard InChI is InChI=1S/C20H23N7/c1-14(2)19-25-26-20-18(22-8-9-27(19)20)24-16(11-17-12-21-13-23-17)10-15-6-4-3-5-7-15/h3-9,12-14,16H,10-11H2,1-2H3,(H,21,23)(H,22,24). The summed E-state index contributed by atoms with van der Waals surface area (Å²) in [4.78, 5) is 11.9. The van der Waals surface area contributed by atoms with Crippen LogP contribution < -0.4 is 5.32 Å². The third-order valence-corrected chi connectivity index (χ3v) is 4.56. The fourth-order valence-electron chi connectivity index (χ4n) is 3.27. The fraction of sp³-hybridized carbons (Fsp3) is 0.300. The molecule has 0 aliphatic heterocycles. The van der Waals surface area contributed by atoms with Gasteiger partial charge in [-0.15, -0.1) is 10.2 Å². The lowest BCUT2D eigenvalue weighted by Gasteiger charge is -2.19. The van der Waals surface area contributed by atoms with Crippen LogP contribution in [0.2, 0.25) is 0 Å². The summed E-state index contributed by atoms with van der Waals surface area (Å²) in [7, 11) is 0. The molecule has 1 unspecified atom stereocenters. The first-order chi connectivity index (χ1) is 13.2. The van der Waals surface area contributed by atoms with Gasteiger partial charge in [0.25, 0.3) is 0 Å². The van der Waals surface area contributed by atoms with Crippen molar-refractivity contribution in [2.45, 2.75) is 38.6 Å². The van der Waals surface area contributed by atoms with Crippen LogP contribution in [0.4, 0.5) is 5.82 Å². The van der Waals surface area contributed by atoms with E-state index in [2.05, 4.69) is 68.6 Å². The molecule has 0 saturated carbocycles. The maximum absolute atomic E-state index is 4.53. The Hall–Kier alpha value is -3.22. The van der Waals surface area contributed by atoms with E-state index in [9.17, 15) is 0 Å². The van der Waals surface area contributed by atoms with Crippen LogP contribution >= 0.6 is 0 Å². The molecular weight excluding hydrogens is 338 g/mol. The molecular formula is C20H23N7. The molecule has 0 spiro atoms. The van der Waals surface area contributed by atoms with Crippen molar-refractivity contribution in [3.8, 4) is 0 Å². The Bertz CT molecular complexity index is 990. The van der Waals surface area contributed by atoms with Crippen molar-refractivity contribution in [3.05, 3.63) is 72.3 Å². The van der Waals surface area contributed by atoms with E-state index in [0.29, 0.717) is 5.92 Å². The van der Waals surface area contributed by atoms with Gasteiger partial charge in [-0.05, 0) is 12.0 Å². The molecule has 0 bridgehead atoms. The van der Waals surface area contributed by atoms with Crippen LogP contribution in [0.1, 0.15) is 36.8 Å². The van der Waals surface area contributed by atoms with Crippen molar-refractivity contribution in [1.82, 2.24) is 29.5 Å². The highest BCUT2D eigenvalue weighted by molar-refractivity contribution is 5.62. The van der Waals surface area contributed by atoms with Crippen molar-refractivity contribution in [1.29, 1.82) is 0 Å². The molecule has 3 aromatic heterocycles. The van der Waals surface area contributed by atoms with Gasteiger partial charge in [0.1, 0.15) is 5.82 Å². The summed E-state index contributed by atoms with van der Waals surface area (Å²) >= 11 is 0. The van der Waals surface area contributed by atoms with Gasteiger partial charge < -0.3 is 10.3 Å². The number of nitrogens with one attached hydrogen (secondary N) is 2. The minimum absolute atomic E-state index is 0.144. The zero-order chi connectivity index (χ0) is 18.6. The summed E-state index contributed by atoms with van der Waals surface area (Å²) in [5.74, 6) is 1.97. The minimum atomic E-state index is 0.144. The molecule has 0 aliphatic rings. The summed E-state index contributed by atoms with van der Waals surface area (Å²) in [5.41, 5.74) is 3.11. The topological polar surface area (TPSA) is 83.8 Å². The maximum atomic E-state index is 4.53. The number of hydrogen-bond donors (Lipinski definition) is 2. The van der Waals surface area contributed by atoms with Crippen molar-refractivity contribution < 1.29 is 0 Å². The number of fused-ring (bicyclic) bond motifs is 1. The molecule has 1 atom stereocenters. The SMILES string of the molecule is CC(C)c1nnc2c(NC(Cc3ccccc3)Cc3cnc[nH]3)nccn12. The second kappa shape index (κ2) is 7.57. The first-order valence-electron chi connectivity index (χ1n) is 9.18. The monoisotopic (exact) mass is 361 g/mol. The average molecular weight is 361 g/mol. The first-order valence-corrected chi connectivity index (χ1v) is 9.18. The largest absolute Gasteiger partial charge is 0.363 e. The number of anilines is 1. The lowest BCUT2D eigenvalue weighted by atomic mass is 10.0. The van der Waals surface area contributed by atoms with Crippen LogP contribution in [0.3, 0.4) is 0 Å². The number of hydrogen-bond acceptors (Lipinski definition) is 5. The van der Waals surface area contributed by atoms with Crippen LogP contribution in [0.5, 0.6) is 0 Å². The van der Waals surface area contributed by atoms with Crippen molar-refractivity contribution in [3.63, 3.8) is 0 Å². The third-order valence-electron chi connectivity index (χ3n) is 4.56. The first kappa shape index (κ1) is 17.2. The van der Waals surface area contributed by atoms with Crippen molar-refractivity contribution in [2.24, 2.45) is 0 Å². The van der Waals surface area contributed by atoms with E-state index < -0.39 is 0 Å². The molecule has 1 aromatic carbocycles. The normalized spacial score (nSPS) is 12.6. The van der Waals surface area contributed by atoms with Crippen LogP contribution in [-0.4, -0.2) is 35.6 Å². The number of benzene rings is 1. The molecule has 4 rings (SSSR count). The third kappa shape index (κ3) is 3.81. The molecule has 138 valence electrons. The minimum Gasteiger partial charge on any atom is -0.363 e. The van der Waals surface area contributed by atoms with E-state index in [1.165, 1.54) is 5.56 Å². The van der Waals surface area contributed by atoms with Gasteiger partial charge in [0.15, 0.2) is 5.82 Å². The van der Waals surface area contributed by atoms with E-state index in [-0.39, 0.29) is 6.04 Å².